The third-order valence-electron chi connectivity index (χ3n) is 3.47. The number of nitrogens with two attached hydrogens (primary N) is 1. The molecule has 1 amide bonds. The molecule has 1 fully saturated rings. The van der Waals surface area contributed by atoms with Gasteiger partial charge in [0.25, 0.3) is 0 Å². The molecule has 4 nitrogen and oxygen atoms in total. The van der Waals surface area contributed by atoms with Crippen molar-refractivity contribution in [3.63, 3.8) is 0 Å². The fourth-order valence-corrected chi connectivity index (χ4v) is 1.83. The Hall–Kier alpha value is -0.610. The zero-order valence-corrected chi connectivity index (χ0v) is 10.4. The van der Waals surface area contributed by atoms with E-state index >= 15 is 0 Å². The van der Waals surface area contributed by atoms with E-state index in [1.807, 2.05) is 6.92 Å². The van der Waals surface area contributed by atoms with Crippen LogP contribution in [0, 0.1) is 11.8 Å². The van der Waals surface area contributed by atoms with Crippen LogP contribution in [0.15, 0.2) is 0 Å². The molecule has 1 aliphatic rings. The van der Waals surface area contributed by atoms with Crippen LogP contribution in [0.2, 0.25) is 0 Å². The van der Waals surface area contributed by atoms with E-state index in [9.17, 15) is 4.79 Å². The molecule has 0 aliphatic carbocycles. The molecular weight excluding hydrogens is 204 g/mol. The summed E-state index contributed by atoms with van der Waals surface area (Å²) in [5.41, 5.74) is 5.85. The molecule has 2 unspecified atom stereocenters. The summed E-state index contributed by atoms with van der Waals surface area (Å²) in [5, 5.41) is 2.95. The summed E-state index contributed by atoms with van der Waals surface area (Å²) in [4.78, 5) is 11.7. The molecule has 0 aromatic heterocycles. The van der Waals surface area contributed by atoms with Gasteiger partial charge in [0, 0.05) is 19.8 Å². The zero-order valence-electron chi connectivity index (χ0n) is 10.4. The van der Waals surface area contributed by atoms with Gasteiger partial charge in [0.2, 0.25) is 5.91 Å². The molecule has 2 atom stereocenters. The SMILES string of the molecule is CCC(C)C(N)C(=O)NCC1CCOCC1. The highest BCUT2D eigenvalue weighted by atomic mass is 16.5. The minimum absolute atomic E-state index is 0.0131. The van der Waals surface area contributed by atoms with E-state index < -0.39 is 0 Å². The Labute approximate surface area is 97.9 Å². The van der Waals surface area contributed by atoms with Crippen LogP contribution in [0.4, 0.5) is 0 Å². The van der Waals surface area contributed by atoms with Crippen LogP contribution >= 0.6 is 0 Å². The predicted octanol–water partition coefficient (Wildman–Crippen LogP) is 0.903. The topological polar surface area (TPSA) is 64.4 Å². The molecule has 4 heteroatoms. The number of carbonyl (C=O) groups excluding carboxylic acids is 1. The number of rotatable bonds is 5. The van der Waals surface area contributed by atoms with Gasteiger partial charge in [0.1, 0.15) is 0 Å². The predicted molar refractivity (Wildman–Crippen MR) is 64.0 cm³/mol. The maximum atomic E-state index is 11.7. The summed E-state index contributed by atoms with van der Waals surface area (Å²) in [5.74, 6) is 0.789. The monoisotopic (exact) mass is 228 g/mol. The van der Waals surface area contributed by atoms with Gasteiger partial charge in [0.15, 0.2) is 0 Å². The summed E-state index contributed by atoms with van der Waals surface area (Å²) in [7, 11) is 0. The maximum Gasteiger partial charge on any atom is 0.237 e. The number of ether oxygens (including phenoxy) is 1. The molecular formula is C12H24N2O2. The fraction of sp³-hybridized carbons (Fsp3) is 0.917. The van der Waals surface area contributed by atoms with E-state index in [-0.39, 0.29) is 17.9 Å². The van der Waals surface area contributed by atoms with Gasteiger partial charge in [-0.25, -0.2) is 0 Å². The molecule has 1 rings (SSSR count). The standard InChI is InChI=1S/C12H24N2O2/c1-3-9(2)11(13)12(15)14-8-10-4-6-16-7-5-10/h9-11H,3-8,13H2,1-2H3,(H,14,15). The van der Waals surface area contributed by atoms with Gasteiger partial charge in [-0.1, -0.05) is 20.3 Å². The average molecular weight is 228 g/mol. The second-order valence-corrected chi connectivity index (χ2v) is 4.71. The third-order valence-corrected chi connectivity index (χ3v) is 3.47. The summed E-state index contributed by atoms with van der Waals surface area (Å²) in [6, 6.07) is -0.371. The van der Waals surface area contributed by atoms with Crippen molar-refractivity contribution < 1.29 is 9.53 Å². The Bertz CT molecular complexity index is 215. The van der Waals surface area contributed by atoms with E-state index in [4.69, 9.17) is 10.5 Å². The van der Waals surface area contributed by atoms with Crippen molar-refractivity contribution in [3.8, 4) is 0 Å². The van der Waals surface area contributed by atoms with Gasteiger partial charge in [-0.05, 0) is 24.7 Å². The number of nitrogens with one attached hydrogen (secondary N) is 1. The summed E-state index contributed by atoms with van der Waals surface area (Å²) in [6.45, 7) is 6.44. The van der Waals surface area contributed by atoms with Gasteiger partial charge >= 0.3 is 0 Å². The molecule has 0 aromatic rings. The lowest BCUT2D eigenvalue weighted by atomic mass is 9.98. The number of carbonyl (C=O) groups is 1. The van der Waals surface area contributed by atoms with Gasteiger partial charge in [-0.15, -0.1) is 0 Å². The first-order chi connectivity index (χ1) is 7.65. The van der Waals surface area contributed by atoms with Crippen molar-refractivity contribution in [3.05, 3.63) is 0 Å². The Morgan fingerprint density at radius 1 is 1.50 bits per heavy atom. The molecule has 1 heterocycles. The first-order valence-corrected chi connectivity index (χ1v) is 6.26. The Morgan fingerprint density at radius 3 is 2.69 bits per heavy atom. The first-order valence-electron chi connectivity index (χ1n) is 6.26. The second-order valence-electron chi connectivity index (χ2n) is 4.71. The fourth-order valence-electron chi connectivity index (χ4n) is 1.83. The molecule has 0 spiro atoms. The van der Waals surface area contributed by atoms with Crippen LogP contribution in [0.5, 0.6) is 0 Å². The number of hydrogen-bond acceptors (Lipinski definition) is 3. The van der Waals surface area contributed by atoms with Gasteiger partial charge in [-0.3, -0.25) is 4.79 Å². The second kappa shape index (κ2) is 6.86. The van der Waals surface area contributed by atoms with Crippen molar-refractivity contribution in [1.29, 1.82) is 0 Å². The van der Waals surface area contributed by atoms with E-state index in [1.165, 1.54) is 0 Å². The lowest BCUT2D eigenvalue weighted by Gasteiger charge is -2.24. The molecule has 0 bridgehead atoms. The zero-order chi connectivity index (χ0) is 12.0. The number of hydrogen-bond donors (Lipinski definition) is 2. The van der Waals surface area contributed by atoms with Crippen molar-refractivity contribution >= 4 is 5.91 Å². The Kier molecular flexibility index (Phi) is 5.77. The largest absolute Gasteiger partial charge is 0.381 e. The Morgan fingerprint density at radius 2 is 2.12 bits per heavy atom. The molecule has 0 aromatic carbocycles. The van der Waals surface area contributed by atoms with E-state index in [0.717, 1.165) is 39.0 Å². The van der Waals surface area contributed by atoms with Crippen LogP contribution in [-0.2, 0) is 9.53 Å². The van der Waals surface area contributed by atoms with Gasteiger partial charge < -0.3 is 15.8 Å². The quantitative estimate of drug-likeness (QED) is 0.735. The summed E-state index contributed by atoms with van der Waals surface area (Å²) >= 11 is 0. The van der Waals surface area contributed by atoms with Crippen LogP contribution in [-0.4, -0.2) is 31.7 Å². The molecule has 94 valence electrons. The van der Waals surface area contributed by atoms with Crippen LogP contribution < -0.4 is 11.1 Å². The summed E-state index contributed by atoms with van der Waals surface area (Å²) in [6.07, 6.45) is 3.02. The van der Waals surface area contributed by atoms with Crippen LogP contribution in [0.25, 0.3) is 0 Å². The lowest BCUT2D eigenvalue weighted by Crippen LogP contribution is -2.46. The first kappa shape index (κ1) is 13.5. The molecule has 1 aliphatic heterocycles. The molecule has 1 saturated heterocycles. The Balaban J connectivity index is 2.23. The smallest absolute Gasteiger partial charge is 0.237 e. The normalized spacial score (nSPS) is 21.4. The van der Waals surface area contributed by atoms with Gasteiger partial charge in [-0.2, -0.15) is 0 Å². The lowest BCUT2D eigenvalue weighted by molar-refractivity contribution is -0.123. The van der Waals surface area contributed by atoms with E-state index in [0.29, 0.717) is 5.92 Å². The van der Waals surface area contributed by atoms with Crippen LogP contribution in [0.1, 0.15) is 33.1 Å². The highest BCUT2D eigenvalue weighted by Gasteiger charge is 2.21. The van der Waals surface area contributed by atoms with E-state index in [2.05, 4.69) is 12.2 Å². The van der Waals surface area contributed by atoms with Crippen molar-refractivity contribution in [1.82, 2.24) is 5.32 Å². The van der Waals surface area contributed by atoms with Crippen molar-refractivity contribution in [2.24, 2.45) is 17.6 Å². The highest BCUT2D eigenvalue weighted by molar-refractivity contribution is 5.81. The third kappa shape index (κ3) is 4.10. The average Bonchev–Trinajstić information content (AvgIpc) is 2.35. The van der Waals surface area contributed by atoms with E-state index in [1.54, 1.807) is 0 Å². The summed E-state index contributed by atoms with van der Waals surface area (Å²) < 4.78 is 5.27. The minimum atomic E-state index is -0.371. The highest BCUT2D eigenvalue weighted by Crippen LogP contribution is 2.13. The maximum absolute atomic E-state index is 11.7. The molecule has 0 radical (unpaired) electrons. The molecule has 3 N–H and O–H groups in total. The van der Waals surface area contributed by atoms with Crippen molar-refractivity contribution in [2.45, 2.75) is 39.2 Å². The molecule has 0 saturated carbocycles. The molecule has 16 heavy (non-hydrogen) atoms. The van der Waals surface area contributed by atoms with Crippen LogP contribution in [0.3, 0.4) is 0 Å². The van der Waals surface area contributed by atoms with Gasteiger partial charge in [0.05, 0.1) is 6.04 Å². The van der Waals surface area contributed by atoms with Crippen molar-refractivity contribution in [2.75, 3.05) is 19.8 Å². The minimum Gasteiger partial charge on any atom is -0.381 e. The number of amides is 1.